The molecule has 7 nitrogen and oxygen atoms in total. The number of piperidine rings is 1. The number of rotatable bonds is 3. The summed E-state index contributed by atoms with van der Waals surface area (Å²) in [5.41, 5.74) is 1.79. The fraction of sp³-hybridized carbons (Fsp3) is 0.320. The molecule has 1 atom stereocenters. The Bertz CT molecular complexity index is 1130. The van der Waals surface area contributed by atoms with Gasteiger partial charge in [-0.05, 0) is 6.07 Å². The van der Waals surface area contributed by atoms with Gasteiger partial charge in [0.25, 0.3) is 5.91 Å². The van der Waals surface area contributed by atoms with Gasteiger partial charge in [-0.25, -0.2) is 0 Å². The van der Waals surface area contributed by atoms with Gasteiger partial charge in [-0.1, -0.05) is 53.7 Å². The Hall–Kier alpha value is -3.61. The van der Waals surface area contributed by atoms with Gasteiger partial charge in [0, 0.05) is 56.5 Å². The van der Waals surface area contributed by atoms with E-state index >= 15 is 0 Å². The lowest BCUT2D eigenvalue weighted by Crippen LogP contribution is -2.53. The van der Waals surface area contributed by atoms with Crippen molar-refractivity contribution in [1.82, 2.24) is 15.4 Å². The number of carbonyl (C=O) groups is 2. The average molecular weight is 431 g/mol. The molecule has 0 bridgehead atoms. The maximum absolute atomic E-state index is 13.0. The van der Waals surface area contributed by atoms with Gasteiger partial charge in [-0.2, -0.15) is 0 Å². The first kappa shape index (κ1) is 20.3. The highest BCUT2D eigenvalue weighted by atomic mass is 16.5. The molecule has 2 aromatic carbocycles. The van der Waals surface area contributed by atoms with E-state index in [1.807, 2.05) is 54.6 Å². The molecule has 0 aliphatic carbocycles. The molecule has 2 aliphatic heterocycles. The number of likely N-dealkylation sites (tertiary alicyclic amines) is 1. The molecule has 1 spiro atoms. The molecule has 3 aromatic rings. The summed E-state index contributed by atoms with van der Waals surface area (Å²) >= 11 is 0. The van der Waals surface area contributed by atoms with Crippen molar-refractivity contribution in [3.8, 4) is 17.1 Å². The largest absolute Gasteiger partial charge is 0.487 e. The van der Waals surface area contributed by atoms with Crippen LogP contribution in [0.1, 0.15) is 48.3 Å². The summed E-state index contributed by atoms with van der Waals surface area (Å²) in [5, 5.41) is 7.07. The standard InChI is InChI=1S/C25H25N3O4/c1-17(29)26-21-16-25(31-22-10-6-5-9-19(21)22)11-13-28(14-12-25)24(30)20-15-23(32-27-20)18-7-3-2-4-8-18/h2-10,15,21H,11-14,16H2,1H3,(H,26,29). The van der Waals surface area contributed by atoms with Gasteiger partial charge in [-0.15, -0.1) is 0 Å². The van der Waals surface area contributed by atoms with Crippen LogP contribution in [0.25, 0.3) is 11.3 Å². The fourth-order valence-electron chi connectivity index (χ4n) is 4.69. The van der Waals surface area contributed by atoms with E-state index in [0.29, 0.717) is 43.8 Å². The van der Waals surface area contributed by atoms with Crippen molar-refractivity contribution in [2.75, 3.05) is 13.1 Å². The molecule has 1 aromatic heterocycles. The van der Waals surface area contributed by atoms with Gasteiger partial charge in [0.05, 0.1) is 6.04 Å². The van der Waals surface area contributed by atoms with Crippen LogP contribution in [0.3, 0.4) is 0 Å². The first-order valence-electron chi connectivity index (χ1n) is 10.9. The number of nitrogens with one attached hydrogen (secondary N) is 1. The van der Waals surface area contributed by atoms with Gasteiger partial charge in [0.1, 0.15) is 11.4 Å². The van der Waals surface area contributed by atoms with Gasteiger partial charge in [0.15, 0.2) is 11.5 Å². The van der Waals surface area contributed by atoms with Crippen molar-refractivity contribution < 1.29 is 18.8 Å². The molecule has 3 heterocycles. The zero-order valence-corrected chi connectivity index (χ0v) is 17.9. The summed E-state index contributed by atoms with van der Waals surface area (Å²) in [6, 6.07) is 19.0. The Morgan fingerprint density at radius 2 is 1.78 bits per heavy atom. The van der Waals surface area contributed by atoms with E-state index < -0.39 is 5.60 Å². The van der Waals surface area contributed by atoms with Gasteiger partial charge >= 0.3 is 0 Å². The van der Waals surface area contributed by atoms with E-state index in [2.05, 4.69) is 10.5 Å². The second-order valence-corrected chi connectivity index (χ2v) is 8.51. The van der Waals surface area contributed by atoms with Gasteiger partial charge < -0.3 is 19.5 Å². The minimum absolute atomic E-state index is 0.0604. The topological polar surface area (TPSA) is 84.7 Å². The number of fused-ring (bicyclic) bond motifs is 1. The number of nitrogens with zero attached hydrogens (tertiary/aromatic N) is 2. The van der Waals surface area contributed by atoms with Crippen LogP contribution in [0.15, 0.2) is 65.2 Å². The van der Waals surface area contributed by atoms with Gasteiger partial charge in [-0.3, -0.25) is 9.59 Å². The summed E-state index contributed by atoms with van der Waals surface area (Å²) in [6.45, 7) is 2.65. The molecule has 0 radical (unpaired) electrons. The van der Waals surface area contributed by atoms with E-state index in [1.165, 1.54) is 6.92 Å². The molecule has 5 rings (SSSR count). The van der Waals surface area contributed by atoms with Crippen molar-refractivity contribution in [1.29, 1.82) is 0 Å². The van der Waals surface area contributed by atoms with E-state index in [4.69, 9.17) is 9.26 Å². The Kier molecular flexibility index (Phi) is 5.17. The van der Waals surface area contributed by atoms with Crippen molar-refractivity contribution in [3.05, 3.63) is 71.9 Å². The van der Waals surface area contributed by atoms with Crippen LogP contribution >= 0.6 is 0 Å². The predicted octanol–water partition coefficient (Wildman–Crippen LogP) is 3.98. The molecule has 7 heteroatoms. The zero-order valence-electron chi connectivity index (χ0n) is 17.9. The summed E-state index contributed by atoms with van der Waals surface area (Å²) in [7, 11) is 0. The minimum atomic E-state index is -0.405. The SMILES string of the molecule is CC(=O)NC1CC2(CCN(C(=O)c3cc(-c4ccccc4)on3)CC2)Oc2ccccc21. The zero-order chi connectivity index (χ0) is 22.1. The quantitative estimate of drug-likeness (QED) is 0.678. The maximum Gasteiger partial charge on any atom is 0.276 e. The monoisotopic (exact) mass is 431 g/mol. The number of hydrogen-bond acceptors (Lipinski definition) is 5. The van der Waals surface area contributed by atoms with Crippen LogP contribution in [0.2, 0.25) is 0 Å². The summed E-state index contributed by atoms with van der Waals surface area (Å²) in [5.74, 6) is 1.18. The third-order valence-corrected chi connectivity index (χ3v) is 6.32. The summed E-state index contributed by atoms with van der Waals surface area (Å²) in [6.07, 6.45) is 2.06. The first-order valence-corrected chi connectivity index (χ1v) is 10.9. The molecular weight excluding hydrogens is 406 g/mol. The van der Waals surface area contributed by atoms with E-state index in [-0.39, 0.29) is 17.9 Å². The number of amides is 2. The number of ether oxygens (including phenoxy) is 1. The molecular formula is C25H25N3O4. The van der Waals surface area contributed by atoms with Crippen LogP contribution < -0.4 is 10.1 Å². The van der Waals surface area contributed by atoms with E-state index in [9.17, 15) is 9.59 Å². The maximum atomic E-state index is 13.0. The van der Waals surface area contributed by atoms with Crippen LogP contribution in [0, 0.1) is 0 Å². The Labute approximate surface area is 186 Å². The smallest absolute Gasteiger partial charge is 0.276 e. The van der Waals surface area contributed by atoms with Gasteiger partial charge in [0.2, 0.25) is 5.91 Å². The highest BCUT2D eigenvalue weighted by Crippen LogP contribution is 2.44. The summed E-state index contributed by atoms with van der Waals surface area (Å²) in [4.78, 5) is 26.6. The third kappa shape index (κ3) is 3.86. The molecule has 1 N–H and O–H groups in total. The number of hydrogen-bond donors (Lipinski definition) is 1. The van der Waals surface area contributed by atoms with Crippen molar-refractivity contribution >= 4 is 11.8 Å². The van der Waals surface area contributed by atoms with Crippen LogP contribution in [-0.2, 0) is 4.79 Å². The second kappa shape index (κ2) is 8.15. The Morgan fingerprint density at radius 1 is 1.06 bits per heavy atom. The van der Waals surface area contributed by atoms with Crippen molar-refractivity contribution in [2.24, 2.45) is 0 Å². The molecule has 1 saturated heterocycles. The number of benzene rings is 2. The second-order valence-electron chi connectivity index (χ2n) is 8.51. The molecule has 32 heavy (non-hydrogen) atoms. The molecule has 1 fully saturated rings. The fourth-order valence-corrected chi connectivity index (χ4v) is 4.69. The number of carbonyl (C=O) groups excluding carboxylic acids is 2. The molecule has 1 unspecified atom stereocenters. The lowest BCUT2D eigenvalue weighted by molar-refractivity contribution is -0.120. The Balaban J connectivity index is 1.29. The van der Waals surface area contributed by atoms with E-state index in [0.717, 1.165) is 16.9 Å². The first-order chi connectivity index (χ1) is 15.5. The Morgan fingerprint density at radius 3 is 2.53 bits per heavy atom. The molecule has 0 saturated carbocycles. The lowest BCUT2D eigenvalue weighted by Gasteiger charge is -2.46. The minimum Gasteiger partial charge on any atom is -0.487 e. The lowest BCUT2D eigenvalue weighted by atomic mass is 9.80. The molecule has 2 amide bonds. The van der Waals surface area contributed by atoms with E-state index in [1.54, 1.807) is 11.0 Å². The van der Waals surface area contributed by atoms with Crippen LogP contribution in [0.5, 0.6) is 5.75 Å². The number of aromatic nitrogens is 1. The third-order valence-electron chi connectivity index (χ3n) is 6.32. The predicted molar refractivity (Wildman–Crippen MR) is 118 cm³/mol. The summed E-state index contributed by atoms with van der Waals surface area (Å²) < 4.78 is 11.8. The van der Waals surface area contributed by atoms with Crippen LogP contribution in [0.4, 0.5) is 0 Å². The normalized spacial score (nSPS) is 19.2. The van der Waals surface area contributed by atoms with Crippen LogP contribution in [-0.4, -0.2) is 40.6 Å². The highest BCUT2D eigenvalue weighted by molar-refractivity contribution is 5.93. The number of para-hydroxylation sites is 1. The van der Waals surface area contributed by atoms with Crippen molar-refractivity contribution in [3.63, 3.8) is 0 Å². The molecule has 2 aliphatic rings. The van der Waals surface area contributed by atoms with Crippen molar-refractivity contribution in [2.45, 2.75) is 37.8 Å². The molecule has 164 valence electrons. The average Bonchev–Trinajstić information content (AvgIpc) is 3.30. The highest BCUT2D eigenvalue weighted by Gasteiger charge is 2.44.